The van der Waals surface area contributed by atoms with Crippen LogP contribution in [0.3, 0.4) is 0 Å². The van der Waals surface area contributed by atoms with Gasteiger partial charge in [0.15, 0.2) is 6.10 Å². The van der Waals surface area contributed by atoms with Crippen LogP contribution in [0.4, 0.5) is 11.4 Å². The number of ether oxygens (including phenoxy) is 1. The molecule has 23 heavy (non-hydrogen) atoms. The Balaban J connectivity index is 1.66. The van der Waals surface area contributed by atoms with Gasteiger partial charge in [0.25, 0.3) is 5.91 Å². The number of hydrogen-bond donors (Lipinski definition) is 2. The lowest BCUT2D eigenvalue weighted by atomic mass is 10.1. The lowest BCUT2D eigenvalue weighted by molar-refractivity contribution is -0.128. The molecule has 0 aromatic heterocycles. The number of benzene rings is 2. The van der Waals surface area contributed by atoms with Crippen molar-refractivity contribution in [1.29, 1.82) is 0 Å². The number of halogens is 1. The maximum atomic E-state index is 12.1. The molecule has 1 heterocycles. The van der Waals surface area contributed by atoms with Crippen molar-refractivity contribution in [3.05, 3.63) is 53.1 Å². The van der Waals surface area contributed by atoms with Crippen molar-refractivity contribution in [2.75, 3.05) is 10.6 Å². The minimum Gasteiger partial charge on any atom is -0.478 e. The largest absolute Gasteiger partial charge is 0.478 e. The Morgan fingerprint density at radius 2 is 2.09 bits per heavy atom. The fraction of sp³-hybridized carbons (Fsp3) is 0.176. The van der Waals surface area contributed by atoms with Gasteiger partial charge in [-0.15, -0.1) is 0 Å². The van der Waals surface area contributed by atoms with Gasteiger partial charge in [-0.2, -0.15) is 0 Å². The Hall–Kier alpha value is -2.53. The quantitative estimate of drug-likeness (QED) is 0.906. The monoisotopic (exact) mass is 330 g/mol. The van der Waals surface area contributed by atoms with E-state index in [0.717, 1.165) is 5.56 Å². The Bertz CT molecular complexity index is 776. The highest BCUT2D eigenvalue weighted by Crippen LogP contribution is 2.29. The van der Waals surface area contributed by atoms with E-state index in [1.807, 2.05) is 19.1 Å². The molecule has 1 atom stereocenters. The second kappa shape index (κ2) is 6.30. The van der Waals surface area contributed by atoms with Crippen LogP contribution in [-0.2, 0) is 9.59 Å². The molecule has 5 nitrogen and oxygen atoms in total. The van der Waals surface area contributed by atoms with Crippen LogP contribution in [0.2, 0.25) is 5.02 Å². The van der Waals surface area contributed by atoms with Crippen LogP contribution in [-0.4, -0.2) is 17.9 Å². The van der Waals surface area contributed by atoms with Gasteiger partial charge in [-0.05, 0) is 36.8 Å². The van der Waals surface area contributed by atoms with Crippen molar-refractivity contribution in [2.45, 2.75) is 19.4 Å². The van der Waals surface area contributed by atoms with E-state index >= 15 is 0 Å². The van der Waals surface area contributed by atoms with Gasteiger partial charge in [0.1, 0.15) is 5.75 Å². The van der Waals surface area contributed by atoms with Crippen molar-refractivity contribution in [2.24, 2.45) is 0 Å². The van der Waals surface area contributed by atoms with E-state index in [2.05, 4.69) is 10.6 Å². The molecular weight excluding hydrogens is 316 g/mol. The predicted molar refractivity (Wildman–Crippen MR) is 88.9 cm³/mol. The zero-order valence-corrected chi connectivity index (χ0v) is 13.2. The fourth-order valence-electron chi connectivity index (χ4n) is 2.28. The third kappa shape index (κ3) is 3.46. The molecule has 3 rings (SSSR count). The summed E-state index contributed by atoms with van der Waals surface area (Å²) in [5, 5.41) is 6.02. The van der Waals surface area contributed by atoms with Crippen molar-refractivity contribution in [3.63, 3.8) is 0 Å². The van der Waals surface area contributed by atoms with E-state index in [4.69, 9.17) is 16.3 Å². The van der Waals surface area contributed by atoms with E-state index in [9.17, 15) is 9.59 Å². The number of para-hydroxylation sites is 2. The zero-order chi connectivity index (χ0) is 16.4. The smallest absolute Gasteiger partial charge is 0.266 e. The van der Waals surface area contributed by atoms with Gasteiger partial charge >= 0.3 is 0 Å². The zero-order valence-electron chi connectivity index (χ0n) is 12.4. The van der Waals surface area contributed by atoms with Gasteiger partial charge in [0.2, 0.25) is 5.91 Å². The highest BCUT2D eigenvalue weighted by atomic mass is 35.5. The number of carbonyl (C=O) groups excluding carboxylic acids is 2. The fourth-order valence-corrected chi connectivity index (χ4v) is 2.46. The molecule has 0 aliphatic carbocycles. The van der Waals surface area contributed by atoms with Gasteiger partial charge in [-0.3, -0.25) is 9.59 Å². The average molecular weight is 331 g/mol. The summed E-state index contributed by atoms with van der Waals surface area (Å²) in [7, 11) is 0. The number of anilines is 2. The Kier molecular flexibility index (Phi) is 4.21. The lowest BCUT2D eigenvalue weighted by Crippen LogP contribution is -2.39. The molecule has 1 aliphatic heterocycles. The van der Waals surface area contributed by atoms with Gasteiger partial charge in [-0.25, -0.2) is 0 Å². The number of rotatable bonds is 3. The topological polar surface area (TPSA) is 67.4 Å². The van der Waals surface area contributed by atoms with E-state index < -0.39 is 6.10 Å². The van der Waals surface area contributed by atoms with Crippen LogP contribution in [0.25, 0.3) is 0 Å². The summed E-state index contributed by atoms with van der Waals surface area (Å²) in [4.78, 5) is 24.1. The van der Waals surface area contributed by atoms with Gasteiger partial charge in [0, 0.05) is 10.7 Å². The molecule has 2 aromatic rings. The minimum atomic E-state index is -0.856. The number of nitrogens with one attached hydrogen (secondary N) is 2. The molecule has 0 unspecified atom stereocenters. The summed E-state index contributed by atoms with van der Waals surface area (Å²) in [5.74, 6) is -0.0893. The first kappa shape index (κ1) is 15.4. The molecule has 2 amide bonds. The highest BCUT2D eigenvalue weighted by molar-refractivity contribution is 6.31. The second-order valence-corrected chi connectivity index (χ2v) is 5.72. The molecule has 0 spiro atoms. The molecule has 118 valence electrons. The number of amides is 2. The molecule has 0 fully saturated rings. The van der Waals surface area contributed by atoms with Crippen molar-refractivity contribution in [3.8, 4) is 5.75 Å². The van der Waals surface area contributed by atoms with Crippen molar-refractivity contribution in [1.82, 2.24) is 0 Å². The molecule has 6 heteroatoms. The first-order chi connectivity index (χ1) is 11.0. The molecule has 0 saturated carbocycles. The summed E-state index contributed by atoms with van der Waals surface area (Å²) in [5.41, 5.74) is 2.12. The van der Waals surface area contributed by atoms with Gasteiger partial charge in [-0.1, -0.05) is 29.8 Å². The highest BCUT2D eigenvalue weighted by Gasteiger charge is 2.29. The SMILES string of the molecule is Cc1ccc(NC(=O)C[C@H]2Oc3ccccc3NC2=O)cc1Cl. The number of fused-ring (bicyclic) bond motifs is 1. The number of aryl methyl sites for hydroxylation is 1. The van der Waals surface area contributed by atoms with Crippen LogP contribution < -0.4 is 15.4 Å². The maximum absolute atomic E-state index is 12.1. The molecule has 0 saturated heterocycles. The van der Waals surface area contributed by atoms with Crippen LogP contribution >= 0.6 is 11.6 Å². The Morgan fingerprint density at radius 3 is 2.87 bits per heavy atom. The van der Waals surface area contributed by atoms with Crippen LogP contribution in [0.1, 0.15) is 12.0 Å². The lowest BCUT2D eigenvalue weighted by Gasteiger charge is -2.25. The van der Waals surface area contributed by atoms with Crippen molar-refractivity contribution < 1.29 is 14.3 Å². The average Bonchev–Trinajstić information content (AvgIpc) is 2.51. The van der Waals surface area contributed by atoms with Crippen LogP contribution in [0, 0.1) is 6.92 Å². The molecule has 0 bridgehead atoms. The number of carbonyl (C=O) groups is 2. The van der Waals surface area contributed by atoms with E-state index in [1.54, 1.807) is 30.3 Å². The molecule has 2 aromatic carbocycles. The molecule has 0 radical (unpaired) electrons. The second-order valence-electron chi connectivity index (χ2n) is 5.31. The molecule has 2 N–H and O–H groups in total. The Morgan fingerprint density at radius 1 is 1.30 bits per heavy atom. The molecule has 1 aliphatic rings. The summed E-state index contributed by atoms with van der Waals surface area (Å²) in [6, 6.07) is 12.4. The Labute approximate surface area is 138 Å². The van der Waals surface area contributed by atoms with Gasteiger partial charge < -0.3 is 15.4 Å². The number of hydrogen-bond acceptors (Lipinski definition) is 3. The minimum absolute atomic E-state index is 0.0777. The summed E-state index contributed by atoms with van der Waals surface area (Å²) < 4.78 is 5.60. The van der Waals surface area contributed by atoms with Crippen molar-refractivity contribution >= 4 is 34.8 Å². The maximum Gasteiger partial charge on any atom is 0.266 e. The summed E-state index contributed by atoms with van der Waals surface area (Å²) in [6.45, 7) is 1.88. The standard InChI is InChI=1S/C17H15ClN2O3/c1-10-6-7-11(8-12(10)18)19-16(21)9-15-17(22)20-13-4-2-3-5-14(13)23-15/h2-8,15H,9H2,1H3,(H,19,21)(H,20,22)/t15-/m1/s1. The first-order valence-corrected chi connectivity index (χ1v) is 7.53. The third-order valence-electron chi connectivity index (χ3n) is 3.53. The third-order valence-corrected chi connectivity index (χ3v) is 3.94. The normalized spacial score (nSPS) is 16.1. The van der Waals surface area contributed by atoms with Gasteiger partial charge in [0.05, 0.1) is 12.1 Å². The first-order valence-electron chi connectivity index (χ1n) is 7.15. The predicted octanol–water partition coefficient (Wildman–Crippen LogP) is 3.38. The van der Waals surface area contributed by atoms with Crippen LogP contribution in [0.5, 0.6) is 5.75 Å². The van der Waals surface area contributed by atoms with Crippen LogP contribution in [0.15, 0.2) is 42.5 Å². The van der Waals surface area contributed by atoms with E-state index in [-0.39, 0.29) is 18.2 Å². The molecular formula is C17H15ClN2O3. The summed E-state index contributed by atoms with van der Waals surface area (Å²) >= 11 is 6.03. The van der Waals surface area contributed by atoms with E-state index in [0.29, 0.717) is 22.1 Å². The summed E-state index contributed by atoms with van der Waals surface area (Å²) in [6.07, 6.45) is -0.933. The van der Waals surface area contributed by atoms with E-state index in [1.165, 1.54) is 0 Å².